The number of ether oxygens (including phenoxy) is 1. The molecule has 1 aromatic heterocycles. The molecule has 3 atom stereocenters. The maximum Gasteiger partial charge on any atom is 0.251 e. The summed E-state index contributed by atoms with van der Waals surface area (Å²) < 4.78 is 4.92. The van der Waals surface area contributed by atoms with E-state index in [9.17, 15) is 4.79 Å². The van der Waals surface area contributed by atoms with Crippen molar-refractivity contribution in [3.63, 3.8) is 0 Å². The van der Waals surface area contributed by atoms with E-state index in [-0.39, 0.29) is 59.9 Å². The highest BCUT2D eigenvalue weighted by Gasteiger charge is 2.24. The van der Waals surface area contributed by atoms with Crippen LogP contribution in [0.25, 0.3) is 0 Å². The molecule has 0 saturated heterocycles. The number of aromatic nitrogens is 1. The van der Waals surface area contributed by atoms with Gasteiger partial charge in [0.05, 0.1) is 25.4 Å². The van der Waals surface area contributed by atoms with Crippen molar-refractivity contribution in [2.24, 2.45) is 106 Å². The summed E-state index contributed by atoms with van der Waals surface area (Å²) in [4.78, 5) is 18.0. The molecular weight excluding hydrogens is 1550 g/mol. The highest BCUT2D eigenvalue weighted by Crippen LogP contribution is 2.35. The number of nitrogens with one attached hydrogen (secondary N) is 1. The third-order valence-corrected chi connectivity index (χ3v) is 19.4. The molecule has 1 aromatic carbocycles. The fraction of sp³-hybridized carbons (Fsp3) is 0.892. The highest BCUT2D eigenvalue weighted by atomic mass is 16.5. The number of amides is 1. The molecular formula is C111H233N3O11. The molecule has 1 fully saturated rings. The predicted molar refractivity (Wildman–Crippen MR) is 556 cm³/mol. The van der Waals surface area contributed by atoms with Gasteiger partial charge in [-0.2, -0.15) is 0 Å². The van der Waals surface area contributed by atoms with E-state index in [1.54, 1.807) is 7.11 Å². The van der Waals surface area contributed by atoms with Crippen molar-refractivity contribution in [1.29, 1.82) is 0 Å². The molecule has 3 rings (SSSR count). The summed E-state index contributed by atoms with van der Waals surface area (Å²) in [6.45, 7) is 107. The van der Waals surface area contributed by atoms with Gasteiger partial charge in [0.2, 0.25) is 0 Å². The first-order chi connectivity index (χ1) is 55.7. The second-order valence-corrected chi connectivity index (χ2v) is 52.4. The zero-order valence-corrected chi connectivity index (χ0v) is 93.8. The number of rotatable bonds is 26. The van der Waals surface area contributed by atoms with Crippen molar-refractivity contribution >= 4 is 5.91 Å². The van der Waals surface area contributed by atoms with Gasteiger partial charge in [-0.3, -0.25) is 9.78 Å². The van der Waals surface area contributed by atoms with Crippen molar-refractivity contribution in [3.05, 3.63) is 66.0 Å². The van der Waals surface area contributed by atoms with Crippen molar-refractivity contribution < 1.29 is 55.5 Å². The van der Waals surface area contributed by atoms with E-state index < -0.39 is 12.2 Å². The first-order valence-corrected chi connectivity index (χ1v) is 48.7. The molecule has 14 heteroatoms. The molecule has 0 radical (unpaired) electrons. The minimum Gasteiger partial charge on any atom is -0.396 e. The molecule has 10 N–H and O–H groups in total. The van der Waals surface area contributed by atoms with Crippen molar-refractivity contribution in [1.82, 2.24) is 15.2 Å². The van der Waals surface area contributed by atoms with E-state index in [2.05, 4.69) is 319 Å². The second kappa shape index (κ2) is 76.8. The average molecular weight is 1790 g/mol. The molecule has 1 aliphatic rings. The van der Waals surface area contributed by atoms with Gasteiger partial charge in [0.1, 0.15) is 0 Å². The summed E-state index contributed by atoms with van der Waals surface area (Å²) in [6, 6.07) is 13.4. The van der Waals surface area contributed by atoms with Crippen LogP contribution in [0.4, 0.5) is 0 Å². The van der Waals surface area contributed by atoms with Crippen LogP contribution in [0.1, 0.15) is 450 Å². The lowest BCUT2D eigenvalue weighted by atomic mass is 9.82. The first kappa shape index (κ1) is 145. The molecule has 0 spiro atoms. The van der Waals surface area contributed by atoms with Crippen LogP contribution in [0.2, 0.25) is 0 Å². The van der Waals surface area contributed by atoms with Gasteiger partial charge in [0.25, 0.3) is 5.91 Å². The normalized spacial score (nSPS) is 13.3. The third kappa shape index (κ3) is 159. The van der Waals surface area contributed by atoms with Gasteiger partial charge in [-0.15, -0.1) is 0 Å². The highest BCUT2D eigenvalue weighted by molar-refractivity contribution is 5.94. The SMILES string of the molecule is CC(C)(C)C.CC(C)(C)C(CO)CO.CC(C)(C)CC(O)CO.CC(C)(C)CCC(O)CO.CC(C)(C)CCCNC(=O)c1ccccc1.CC(C)(C)CCCO.CC(C)(C)CCO.CC(C)(C)Cc1cccnc1.CC(C)C(C)(C)C.CC(C)CCC(C)(C)C.CC(C)CCC1CC1.CN(C)CCCC(C)(C)C.COCCC(C)(C)C.C[C@H](CO)C(C)(C)C. The Bertz CT molecular complexity index is 2520. The van der Waals surface area contributed by atoms with Crippen molar-refractivity contribution in [2.45, 2.75) is 453 Å². The molecule has 125 heavy (non-hydrogen) atoms. The van der Waals surface area contributed by atoms with Crippen molar-refractivity contribution in [3.8, 4) is 0 Å². The van der Waals surface area contributed by atoms with Gasteiger partial charge in [-0.25, -0.2) is 0 Å². The molecule has 1 saturated carbocycles. The number of aliphatic hydroxyl groups excluding tert-OH is 9. The van der Waals surface area contributed by atoms with Gasteiger partial charge in [0, 0.05) is 77.2 Å². The quantitative estimate of drug-likeness (QED) is 0.0395. The van der Waals surface area contributed by atoms with Crippen molar-refractivity contribution in [2.75, 3.05) is 87.1 Å². The fourth-order valence-electron chi connectivity index (χ4n) is 8.94. The molecule has 14 nitrogen and oxygen atoms in total. The smallest absolute Gasteiger partial charge is 0.251 e. The molecule has 0 bridgehead atoms. The van der Waals surface area contributed by atoms with Crippen LogP contribution in [-0.2, 0) is 11.2 Å². The topological polar surface area (TPSA) is 237 Å². The summed E-state index contributed by atoms with van der Waals surface area (Å²) in [5, 5.41) is 80.7. The zero-order valence-electron chi connectivity index (χ0n) is 93.8. The Balaban J connectivity index is -0.000000125. The number of nitrogens with zero attached hydrogens (tertiary/aromatic N) is 2. The molecule has 758 valence electrons. The van der Waals surface area contributed by atoms with Gasteiger partial charge in [0.15, 0.2) is 0 Å². The summed E-state index contributed by atoms with van der Waals surface area (Å²) in [6.07, 6.45) is 23.7. The van der Waals surface area contributed by atoms with E-state index in [0.717, 1.165) is 93.8 Å². The molecule has 0 aliphatic heterocycles. The molecule has 2 unspecified atom stereocenters. The van der Waals surface area contributed by atoms with Crippen LogP contribution < -0.4 is 5.32 Å². The Kier molecular flexibility index (Phi) is 89.3. The Morgan fingerprint density at radius 3 is 1.03 bits per heavy atom. The lowest BCUT2D eigenvalue weighted by Crippen LogP contribution is -2.26. The molecule has 2 aromatic rings. The Morgan fingerprint density at radius 2 is 0.816 bits per heavy atom. The molecule has 1 heterocycles. The summed E-state index contributed by atoms with van der Waals surface area (Å²) in [7, 11) is 6.00. The van der Waals surface area contributed by atoms with E-state index in [4.69, 9.17) is 50.7 Å². The standard InChI is InChI=1S/C14H21NO.C10H15N.C9H21N.C9H20.C8H18O2.C8H16.2C7H16O2.3C7H16O.C7H16.C6H14O.C5H12/c1-14(2,3)10-7-11-15-13(16)12-8-5-4-6-9-12;1-10(2,3)7-9-5-4-6-11-8-9;1-9(2,3)7-6-8-10(4)5;1-8(2)6-7-9(3,4)5;1-8(2,3)5-4-7(10)6-9;1-7(2)3-4-8-5-6-8;1-7(2,3)6(4-8)5-9;1-7(2,3)4-6(9)5-8;1-7(2,3)5-6-8-4;1-6(5-8)7(2,3)4;1-7(2,3)5-4-6-8;1-6(2)7(3,4)5;1-6(2,3)4-5-7;1-5(2,3)4/h4-6,8-9H,7,10-11H2,1-3H3,(H,15,16);4-6,8H,7H2,1-3H3;6-8H2,1-5H3;8H,6-7H2,1-5H3;7,9-10H,4-6H2,1-3H3;7-8H,3-6H2,1-2H3;2*6,8-9H,4-5H2,1-3H3;5-6H2,1-4H3;6,8H,5H2,1-4H3;8H,4-6H2,1-3H3;6H,1-5H3;7H,4-5H2,1-3H3;1-4H3/t;;;;;;;;;6-;;;;/m.........1..../s1. The second-order valence-electron chi connectivity index (χ2n) is 52.4. The number of hydrogen-bond donors (Lipinski definition) is 10. The van der Waals surface area contributed by atoms with Gasteiger partial charge < -0.3 is 60.9 Å². The van der Waals surface area contributed by atoms with E-state index in [1.807, 2.05) is 90.3 Å². The van der Waals surface area contributed by atoms with E-state index in [1.165, 1.54) is 63.5 Å². The zero-order chi connectivity index (χ0) is 102. The lowest BCUT2D eigenvalue weighted by molar-refractivity contribution is 0.0612. The lowest BCUT2D eigenvalue weighted by Gasteiger charge is -2.26. The number of pyridine rings is 1. The van der Waals surface area contributed by atoms with Crippen LogP contribution >= 0.6 is 0 Å². The van der Waals surface area contributed by atoms with E-state index >= 15 is 0 Å². The van der Waals surface area contributed by atoms with Gasteiger partial charge in [-0.05, 0) is 228 Å². The van der Waals surface area contributed by atoms with Crippen LogP contribution in [0, 0.1) is 106 Å². The minimum atomic E-state index is -0.551. The summed E-state index contributed by atoms with van der Waals surface area (Å²) in [5.41, 5.74) is 6.57. The minimum absolute atomic E-state index is 0.0116. The van der Waals surface area contributed by atoms with Crippen LogP contribution in [0.5, 0.6) is 0 Å². The number of carbonyl (C=O) groups excluding carboxylic acids is 1. The first-order valence-electron chi connectivity index (χ1n) is 48.7. The number of hydrogen-bond acceptors (Lipinski definition) is 13. The molecule has 1 amide bonds. The van der Waals surface area contributed by atoms with Crippen LogP contribution in [0.3, 0.4) is 0 Å². The van der Waals surface area contributed by atoms with Gasteiger partial charge >= 0.3 is 0 Å². The van der Waals surface area contributed by atoms with Gasteiger partial charge in [-0.1, -0.05) is 382 Å². The summed E-state index contributed by atoms with van der Waals surface area (Å²) >= 11 is 0. The number of methoxy groups -OCH3 is 1. The Morgan fingerprint density at radius 1 is 0.432 bits per heavy atom. The summed E-state index contributed by atoms with van der Waals surface area (Å²) in [5.74, 6) is 4.17. The predicted octanol–water partition coefficient (Wildman–Crippen LogP) is 28.9. The fourth-order valence-corrected chi connectivity index (χ4v) is 8.94. The number of benzene rings is 1. The molecule has 1 aliphatic carbocycles. The maximum atomic E-state index is 11.7. The van der Waals surface area contributed by atoms with E-state index in [0.29, 0.717) is 87.3 Å². The average Bonchev–Trinajstić information content (AvgIpc) is 1.91. The maximum absolute atomic E-state index is 11.7. The third-order valence-electron chi connectivity index (χ3n) is 19.4. The Labute approximate surface area is 784 Å². The number of carbonyl (C=O) groups is 1. The van der Waals surface area contributed by atoms with Crippen LogP contribution in [-0.4, -0.2) is 161 Å². The monoisotopic (exact) mass is 1780 g/mol. The largest absolute Gasteiger partial charge is 0.396 e. The Hall–Kier alpha value is -2.60. The number of aliphatic hydroxyl groups is 9. The van der Waals surface area contributed by atoms with Crippen LogP contribution in [0.15, 0.2) is 54.9 Å².